The quantitative estimate of drug-likeness (QED) is 0.664. The van der Waals surface area contributed by atoms with Gasteiger partial charge in [-0.15, -0.1) is 0 Å². The van der Waals surface area contributed by atoms with E-state index >= 15 is 0 Å². The van der Waals surface area contributed by atoms with Crippen molar-refractivity contribution in [1.29, 1.82) is 0 Å². The average molecular weight is 434 g/mol. The summed E-state index contributed by atoms with van der Waals surface area (Å²) >= 11 is 0. The van der Waals surface area contributed by atoms with E-state index in [1.54, 1.807) is 0 Å². The summed E-state index contributed by atoms with van der Waals surface area (Å²) in [5, 5.41) is 0. The fourth-order valence-corrected chi connectivity index (χ4v) is 5.83. The zero-order chi connectivity index (χ0) is 21.9. The fourth-order valence-electron chi connectivity index (χ4n) is 5.83. The first-order valence-corrected chi connectivity index (χ1v) is 11.7. The molecule has 2 fully saturated rings. The molecule has 2 atom stereocenters. The highest BCUT2D eigenvalue weighted by Crippen LogP contribution is 2.42. The number of nitrogens with zero attached hydrogens (tertiary/aromatic N) is 5. The van der Waals surface area contributed by atoms with Crippen LogP contribution in [0.5, 0.6) is 0 Å². The number of aromatic nitrogens is 2. The summed E-state index contributed by atoms with van der Waals surface area (Å²) < 4.78 is 5.86. The zero-order valence-corrected chi connectivity index (χ0v) is 18.6. The smallest absolute Gasteiger partial charge is 0.156 e. The van der Waals surface area contributed by atoms with Crippen molar-refractivity contribution in [2.24, 2.45) is 16.1 Å². The van der Waals surface area contributed by atoms with Crippen molar-refractivity contribution >= 4 is 23.0 Å². The molecule has 1 aromatic carbocycles. The van der Waals surface area contributed by atoms with Crippen LogP contribution < -0.4 is 21.3 Å². The van der Waals surface area contributed by atoms with E-state index in [9.17, 15) is 0 Å². The monoisotopic (exact) mass is 433 g/mol. The lowest BCUT2D eigenvalue weighted by atomic mass is 9.73. The number of anilines is 3. The molecule has 168 valence electrons. The van der Waals surface area contributed by atoms with Gasteiger partial charge in [-0.1, -0.05) is 6.07 Å². The van der Waals surface area contributed by atoms with Gasteiger partial charge in [-0.05, 0) is 50.3 Å². The van der Waals surface area contributed by atoms with Gasteiger partial charge >= 0.3 is 0 Å². The van der Waals surface area contributed by atoms with Crippen LogP contribution in [0.3, 0.4) is 0 Å². The third-order valence-electron chi connectivity index (χ3n) is 7.89. The molecular formula is C24H31N7O. The summed E-state index contributed by atoms with van der Waals surface area (Å²) in [7, 11) is 0. The van der Waals surface area contributed by atoms with E-state index in [1.807, 2.05) is 18.3 Å². The maximum absolute atomic E-state index is 6.48. The summed E-state index contributed by atoms with van der Waals surface area (Å²) in [6.07, 6.45) is 6.19. The number of rotatable bonds is 1. The van der Waals surface area contributed by atoms with E-state index in [0.717, 1.165) is 86.3 Å². The Morgan fingerprint density at radius 2 is 2.03 bits per heavy atom. The maximum atomic E-state index is 6.48. The van der Waals surface area contributed by atoms with Crippen LogP contribution in [0.1, 0.15) is 43.1 Å². The number of fused-ring (bicyclic) bond motifs is 2. The molecule has 0 aliphatic carbocycles. The lowest BCUT2D eigenvalue weighted by Crippen LogP contribution is -2.50. The first-order chi connectivity index (χ1) is 15.6. The normalized spacial score (nSPS) is 26.2. The Balaban J connectivity index is 1.21. The van der Waals surface area contributed by atoms with Crippen LogP contribution in [0.15, 0.2) is 29.4 Å². The Morgan fingerprint density at radius 1 is 1.19 bits per heavy atom. The standard InChI is InChI=1S/C24H31N7O/c1-15-22(26)24(14-32-15)7-10-30(11-8-24)20-13-27-21-18(29-20)12-28-23(21)31-9-3-4-16-17(25)5-2-6-19(16)31/h2,5-6,13,15,22H,3-4,7-12,14,25-26H2,1H3/t15-,22+/m0/s1. The highest BCUT2D eigenvalue weighted by molar-refractivity contribution is 6.11. The molecule has 1 spiro atoms. The van der Waals surface area contributed by atoms with Crippen molar-refractivity contribution in [1.82, 2.24) is 9.97 Å². The lowest BCUT2D eigenvalue weighted by molar-refractivity contribution is 0.0974. The van der Waals surface area contributed by atoms with E-state index in [-0.39, 0.29) is 17.6 Å². The third-order valence-corrected chi connectivity index (χ3v) is 7.89. The number of ether oxygens (including phenoxy) is 1. The molecule has 0 amide bonds. The van der Waals surface area contributed by atoms with E-state index < -0.39 is 0 Å². The molecule has 0 saturated carbocycles. The van der Waals surface area contributed by atoms with E-state index in [0.29, 0.717) is 6.54 Å². The van der Waals surface area contributed by atoms with Crippen molar-refractivity contribution < 1.29 is 4.74 Å². The molecule has 0 bridgehead atoms. The highest BCUT2D eigenvalue weighted by Gasteiger charge is 2.47. The molecule has 2 saturated heterocycles. The molecule has 4 aliphatic rings. The number of benzene rings is 1. The van der Waals surface area contributed by atoms with Gasteiger partial charge in [0.05, 0.1) is 31.1 Å². The van der Waals surface area contributed by atoms with Crippen LogP contribution in [-0.4, -0.2) is 54.2 Å². The second kappa shape index (κ2) is 7.42. The van der Waals surface area contributed by atoms with E-state index in [1.165, 1.54) is 5.56 Å². The van der Waals surface area contributed by atoms with Crippen LogP contribution in [-0.2, 0) is 17.7 Å². The molecule has 0 unspecified atom stereocenters. The van der Waals surface area contributed by atoms with Crippen LogP contribution in [0.2, 0.25) is 0 Å². The molecule has 8 heteroatoms. The predicted molar refractivity (Wildman–Crippen MR) is 126 cm³/mol. The topological polar surface area (TPSA) is 106 Å². The summed E-state index contributed by atoms with van der Waals surface area (Å²) in [5.41, 5.74) is 17.9. The Kier molecular flexibility index (Phi) is 4.62. The van der Waals surface area contributed by atoms with Crippen LogP contribution in [0, 0.1) is 5.41 Å². The van der Waals surface area contributed by atoms with Gasteiger partial charge in [0.15, 0.2) is 5.84 Å². The lowest BCUT2D eigenvalue weighted by Gasteiger charge is -2.41. The zero-order valence-electron chi connectivity index (χ0n) is 18.6. The second-order valence-electron chi connectivity index (χ2n) is 9.65. The van der Waals surface area contributed by atoms with Gasteiger partial charge < -0.3 is 26.0 Å². The fraction of sp³-hybridized carbons (Fsp3) is 0.542. The van der Waals surface area contributed by atoms with Gasteiger partial charge in [-0.2, -0.15) is 0 Å². The molecule has 2 aromatic rings. The second-order valence-corrected chi connectivity index (χ2v) is 9.65. The van der Waals surface area contributed by atoms with Gasteiger partial charge in [0.2, 0.25) is 0 Å². The molecule has 8 nitrogen and oxygen atoms in total. The van der Waals surface area contributed by atoms with Crippen molar-refractivity contribution in [2.75, 3.05) is 41.8 Å². The Labute approximate surface area is 188 Å². The van der Waals surface area contributed by atoms with Gasteiger partial charge in [0, 0.05) is 42.5 Å². The Morgan fingerprint density at radius 3 is 2.81 bits per heavy atom. The van der Waals surface area contributed by atoms with E-state index in [2.05, 4.69) is 22.8 Å². The van der Waals surface area contributed by atoms with Crippen LogP contribution >= 0.6 is 0 Å². The summed E-state index contributed by atoms with van der Waals surface area (Å²) in [4.78, 5) is 19.3. The molecule has 1 aromatic heterocycles. The summed E-state index contributed by atoms with van der Waals surface area (Å²) in [5.74, 6) is 1.87. The molecule has 32 heavy (non-hydrogen) atoms. The number of nitrogens with two attached hydrogens (primary N) is 2. The molecule has 0 radical (unpaired) electrons. The highest BCUT2D eigenvalue weighted by atomic mass is 16.5. The minimum atomic E-state index is 0.111. The van der Waals surface area contributed by atoms with Gasteiger partial charge in [0.1, 0.15) is 11.5 Å². The number of amidine groups is 1. The van der Waals surface area contributed by atoms with E-state index in [4.69, 9.17) is 31.2 Å². The van der Waals surface area contributed by atoms with Crippen molar-refractivity contribution in [3.8, 4) is 0 Å². The average Bonchev–Trinajstić information content (AvgIpc) is 3.36. The summed E-state index contributed by atoms with van der Waals surface area (Å²) in [6, 6.07) is 6.25. The first-order valence-electron chi connectivity index (χ1n) is 11.7. The van der Waals surface area contributed by atoms with Crippen molar-refractivity contribution in [3.05, 3.63) is 41.3 Å². The van der Waals surface area contributed by atoms with Gasteiger partial charge in [0.25, 0.3) is 0 Å². The Bertz CT molecular complexity index is 1080. The maximum Gasteiger partial charge on any atom is 0.156 e. The molecule has 4 N–H and O–H groups in total. The molecular weight excluding hydrogens is 402 g/mol. The van der Waals surface area contributed by atoms with Crippen molar-refractivity contribution in [2.45, 2.75) is 51.3 Å². The largest absolute Gasteiger partial charge is 0.398 e. The Hall–Kier alpha value is -2.71. The number of aliphatic imine (C=N–C) groups is 1. The van der Waals surface area contributed by atoms with Crippen LogP contribution in [0.4, 0.5) is 17.2 Å². The molecule has 5 heterocycles. The number of nitrogen functional groups attached to an aromatic ring is 1. The van der Waals surface area contributed by atoms with Crippen molar-refractivity contribution in [3.63, 3.8) is 0 Å². The molecule has 4 aliphatic heterocycles. The summed E-state index contributed by atoms with van der Waals surface area (Å²) in [6.45, 7) is 6.23. The van der Waals surface area contributed by atoms with Crippen LogP contribution in [0.25, 0.3) is 0 Å². The number of hydrogen-bond acceptors (Lipinski definition) is 8. The number of piperidine rings is 1. The minimum Gasteiger partial charge on any atom is -0.398 e. The van der Waals surface area contributed by atoms with Gasteiger partial charge in [-0.3, -0.25) is 4.99 Å². The first kappa shape index (κ1) is 19.9. The van der Waals surface area contributed by atoms with Gasteiger partial charge in [-0.25, -0.2) is 9.97 Å². The number of hydrogen-bond donors (Lipinski definition) is 2. The minimum absolute atomic E-state index is 0.111. The predicted octanol–water partition coefficient (Wildman–Crippen LogP) is 2.10. The SMILES string of the molecule is C[C@@H]1OCC2(CCN(c3cnc4c(n3)CN=C4N3CCCc4c(N)cccc43)CC2)[C@@H]1N. The molecule has 6 rings (SSSR count). The third kappa shape index (κ3) is 3.00.